The maximum absolute atomic E-state index is 11.7. The number of amides is 2. The number of hydrogen-bond acceptors (Lipinski definition) is 3. The number of aryl methyl sites for hydroxylation is 2. The molecule has 0 aliphatic carbocycles. The van der Waals surface area contributed by atoms with Crippen LogP contribution in [0.3, 0.4) is 0 Å². The quantitative estimate of drug-likeness (QED) is 0.691. The molecule has 0 bridgehead atoms. The van der Waals surface area contributed by atoms with Crippen LogP contribution in [0.4, 0.5) is 4.79 Å². The summed E-state index contributed by atoms with van der Waals surface area (Å²) in [6.07, 6.45) is 5.94. The molecule has 2 amide bonds. The highest BCUT2D eigenvalue weighted by Gasteiger charge is 2.23. The lowest BCUT2D eigenvalue weighted by atomic mass is 10.1. The van der Waals surface area contributed by atoms with Gasteiger partial charge in [0.05, 0.1) is 18.3 Å². The third-order valence-electron chi connectivity index (χ3n) is 3.72. The van der Waals surface area contributed by atoms with Gasteiger partial charge in [0.2, 0.25) is 0 Å². The van der Waals surface area contributed by atoms with Gasteiger partial charge in [0.15, 0.2) is 0 Å². The maximum Gasteiger partial charge on any atom is 0.315 e. The van der Waals surface area contributed by atoms with Crippen molar-refractivity contribution in [2.45, 2.75) is 51.7 Å². The minimum atomic E-state index is -0.114. The van der Waals surface area contributed by atoms with E-state index in [9.17, 15) is 4.79 Å². The fraction of sp³-hybridized carbons (Fsp3) is 0.714. The third kappa shape index (κ3) is 4.23. The fourth-order valence-electron chi connectivity index (χ4n) is 2.46. The summed E-state index contributed by atoms with van der Waals surface area (Å²) in [4.78, 5) is 11.7. The van der Waals surface area contributed by atoms with E-state index in [4.69, 9.17) is 4.74 Å². The number of ether oxygens (including phenoxy) is 1. The van der Waals surface area contributed by atoms with Crippen molar-refractivity contribution in [2.75, 3.05) is 13.2 Å². The summed E-state index contributed by atoms with van der Waals surface area (Å²) in [5.74, 6) is 0. The van der Waals surface area contributed by atoms with E-state index >= 15 is 0 Å². The smallest absolute Gasteiger partial charge is 0.315 e. The molecule has 20 heavy (non-hydrogen) atoms. The zero-order valence-corrected chi connectivity index (χ0v) is 12.2. The van der Waals surface area contributed by atoms with E-state index in [2.05, 4.69) is 20.8 Å². The molecule has 1 fully saturated rings. The van der Waals surface area contributed by atoms with Crippen molar-refractivity contribution in [3.8, 4) is 0 Å². The Morgan fingerprint density at radius 2 is 2.50 bits per heavy atom. The number of H-pyrrole nitrogens is 1. The number of carbonyl (C=O) groups excluding carboxylic acids is 1. The lowest BCUT2D eigenvalue weighted by Crippen LogP contribution is -2.46. The van der Waals surface area contributed by atoms with Gasteiger partial charge in [0.25, 0.3) is 0 Å². The molecular formula is C14H24N4O2. The molecule has 2 unspecified atom stereocenters. The van der Waals surface area contributed by atoms with Crippen molar-refractivity contribution in [1.29, 1.82) is 0 Å². The zero-order chi connectivity index (χ0) is 14.4. The van der Waals surface area contributed by atoms with Gasteiger partial charge in [-0.2, -0.15) is 5.10 Å². The molecule has 112 valence electrons. The Morgan fingerprint density at radius 3 is 3.15 bits per heavy atom. The van der Waals surface area contributed by atoms with Crippen LogP contribution in [0.1, 0.15) is 37.4 Å². The molecule has 0 spiro atoms. The highest BCUT2D eigenvalue weighted by molar-refractivity contribution is 5.74. The average Bonchev–Trinajstić information content (AvgIpc) is 3.06. The van der Waals surface area contributed by atoms with Gasteiger partial charge in [-0.3, -0.25) is 5.10 Å². The van der Waals surface area contributed by atoms with Gasteiger partial charge >= 0.3 is 6.03 Å². The van der Waals surface area contributed by atoms with Crippen LogP contribution in [0.25, 0.3) is 0 Å². The van der Waals surface area contributed by atoms with Gasteiger partial charge in [0.1, 0.15) is 0 Å². The third-order valence-corrected chi connectivity index (χ3v) is 3.72. The van der Waals surface area contributed by atoms with E-state index in [-0.39, 0.29) is 18.2 Å². The predicted octanol–water partition coefficient (Wildman–Crippen LogP) is 1.52. The molecule has 6 nitrogen and oxygen atoms in total. The van der Waals surface area contributed by atoms with E-state index in [1.165, 1.54) is 5.56 Å². The molecule has 2 rings (SSSR count). The number of aromatic amines is 1. The second-order valence-electron chi connectivity index (χ2n) is 5.36. The molecule has 3 N–H and O–H groups in total. The van der Waals surface area contributed by atoms with Crippen molar-refractivity contribution in [1.82, 2.24) is 20.8 Å². The molecule has 6 heteroatoms. The van der Waals surface area contributed by atoms with E-state index in [0.29, 0.717) is 6.54 Å². The van der Waals surface area contributed by atoms with Gasteiger partial charge in [0, 0.05) is 18.8 Å². The van der Waals surface area contributed by atoms with Gasteiger partial charge < -0.3 is 15.4 Å². The molecule has 1 saturated heterocycles. The van der Waals surface area contributed by atoms with Crippen LogP contribution >= 0.6 is 0 Å². The van der Waals surface area contributed by atoms with E-state index in [1.807, 2.05) is 20.0 Å². The summed E-state index contributed by atoms with van der Waals surface area (Å²) in [6.45, 7) is 5.47. The Hall–Kier alpha value is -1.56. The highest BCUT2D eigenvalue weighted by Crippen LogP contribution is 2.15. The molecule has 1 aromatic heterocycles. The lowest BCUT2D eigenvalue weighted by molar-refractivity contribution is 0.0860. The summed E-state index contributed by atoms with van der Waals surface area (Å²) >= 11 is 0. The minimum absolute atomic E-state index is 0.0635. The second-order valence-corrected chi connectivity index (χ2v) is 5.36. The minimum Gasteiger partial charge on any atom is -0.376 e. The first-order valence-corrected chi connectivity index (χ1v) is 7.31. The van der Waals surface area contributed by atoms with Gasteiger partial charge in [-0.15, -0.1) is 0 Å². The SMILES string of the molecule is Cc1[nH]ncc1CCCNC(=O)NC(C)C1CCCO1. The number of hydrogen-bond donors (Lipinski definition) is 3. The number of nitrogens with zero attached hydrogens (tertiary/aromatic N) is 1. The number of urea groups is 1. The van der Waals surface area contributed by atoms with Crippen LogP contribution in [0.5, 0.6) is 0 Å². The first kappa shape index (κ1) is 14.8. The van der Waals surface area contributed by atoms with Gasteiger partial charge in [-0.05, 0) is 45.1 Å². The molecule has 0 aromatic carbocycles. The van der Waals surface area contributed by atoms with Crippen LogP contribution in [0.2, 0.25) is 0 Å². The van der Waals surface area contributed by atoms with Crippen molar-refractivity contribution >= 4 is 6.03 Å². The number of carbonyl (C=O) groups is 1. The Kier molecular flexibility index (Phi) is 5.40. The highest BCUT2D eigenvalue weighted by atomic mass is 16.5. The fourth-order valence-corrected chi connectivity index (χ4v) is 2.46. The Morgan fingerprint density at radius 1 is 1.65 bits per heavy atom. The molecule has 1 aliphatic heterocycles. The zero-order valence-electron chi connectivity index (χ0n) is 12.2. The molecule has 1 aliphatic rings. The summed E-state index contributed by atoms with van der Waals surface area (Å²) in [5, 5.41) is 12.7. The predicted molar refractivity (Wildman–Crippen MR) is 76.6 cm³/mol. The number of nitrogens with one attached hydrogen (secondary N) is 3. The summed E-state index contributed by atoms with van der Waals surface area (Å²) in [5.41, 5.74) is 2.31. The van der Waals surface area contributed by atoms with Crippen molar-refractivity contribution in [3.63, 3.8) is 0 Å². The first-order valence-electron chi connectivity index (χ1n) is 7.31. The molecule has 0 radical (unpaired) electrons. The van der Waals surface area contributed by atoms with Crippen LogP contribution in [0.15, 0.2) is 6.20 Å². The molecule has 2 atom stereocenters. The summed E-state index contributed by atoms with van der Waals surface area (Å²) < 4.78 is 5.55. The first-order chi connectivity index (χ1) is 9.66. The molecule has 0 saturated carbocycles. The summed E-state index contributed by atoms with van der Waals surface area (Å²) in [7, 11) is 0. The van der Waals surface area contributed by atoms with Crippen LogP contribution in [-0.2, 0) is 11.2 Å². The van der Waals surface area contributed by atoms with Crippen LogP contribution in [0, 0.1) is 6.92 Å². The second kappa shape index (κ2) is 7.28. The molecular weight excluding hydrogens is 256 g/mol. The lowest BCUT2D eigenvalue weighted by Gasteiger charge is -2.20. The van der Waals surface area contributed by atoms with Crippen molar-refractivity contribution in [3.05, 3.63) is 17.5 Å². The summed E-state index contributed by atoms with van der Waals surface area (Å²) in [6, 6.07) is -0.0504. The number of rotatable bonds is 6. The van der Waals surface area contributed by atoms with E-state index in [0.717, 1.165) is 38.0 Å². The van der Waals surface area contributed by atoms with Crippen molar-refractivity contribution in [2.24, 2.45) is 0 Å². The van der Waals surface area contributed by atoms with Crippen LogP contribution in [-0.4, -0.2) is 41.5 Å². The monoisotopic (exact) mass is 280 g/mol. The maximum atomic E-state index is 11.7. The Labute approximate surface area is 119 Å². The average molecular weight is 280 g/mol. The van der Waals surface area contributed by atoms with Crippen LogP contribution < -0.4 is 10.6 Å². The normalized spacial score (nSPS) is 19.8. The van der Waals surface area contributed by atoms with E-state index < -0.39 is 0 Å². The topological polar surface area (TPSA) is 79.0 Å². The Bertz CT molecular complexity index is 427. The number of aromatic nitrogens is 2. The van der Waals surface area contributed by atoms with Gasteiger partial charge in [-0.25, -0.2) is 4.79 Å². The van der Waals surface area contributed by atoms with Crippen molar-refractivity contribution < 1.29 is 9.53 Å². The standard InChI is InChI=1S/C14H24N4O2/c1-10-12(9-16-18-10)5-3-7-15-14(19)17-11(2)13-6-4-8-20-13/h9,11,13H,3-8H2,1-2H3,(H,16,18)(H2,15,17,19). The molecule has 1 aromatic rings. The van der Waals surface area contributed by atoms with Gasteiger partial charge in [-0.1, -0.05) is 0 Å². The van der Waals surface area contributed by atoms with E-state index in [1.54, 1.807) is 0 Å². The largest absolute Gasteiger partial charge is 0.376 e. The molecule has 2 heterocycles. The Balaban J connectivity index is 1.59.